The first-order valence-electron chi connectivity index (χ1n) is 6.56. The van der Waals surface area contributed by atoms with Gasteiger partial charge in [0.2, 0.25) is 0 Å². The topological polar surface area (TPSA) is 24.9 Å². The van der Waals surface area contributed by atoms with Crippen LogP contribution in [0.2, 0.25) is 0 Å². The predicted octanol–water partition coefficient (Wildman–Crippen LogP) is 4.29. The monoisotopic (exact) mass is 266 g/mol. The van der Waals surface area contributed by atoms with E-state index in [1.54, 1.807) is 19.2 Å². The largest absolute Gasteiger partial charge is 0.380 e. The number of nitrogens with zero attached hydrogens (tertiary/aromatic N) is 1. The molecule has 3 rings (SSSR count). The van der Waals surface area contributed by atoms with Crippen LogP contribution < -0.4 is 5.32 Å². The van der Waals surface area contributed by atoms with Crippen LogP contribution in [0.3, 0.4) is 0 Å². The van der Waals surface area contributed by atoms with Crippen LogP contribution in [0, 0.1) is 12.7 Å². The Kier molecular flexibility index (Phi) is 3.33. The Labute approximate surface area is 117 Å². The third-order valence-electron chi connectivity index (χ3n) is 3.39. The van der Waals surface area contributed by atoms with Gasteiger partial charge < -0.3 is 5.32 Å². The number of pyridine rings is 1. The van der Waals surface area contributed by atoms with Crippen molar-refractivity contribution in [1.82, 2.24) is 4.98 Å². The lowest BCUT2D eigenvalue weighted by Gasteiger charge is -2.10. The number of benzene rings is 2. The van der Waals surface area contributed by atoms with Gasteiger partial charge in [-0.1, -0.05) is 24.3 Å². The van der Waals surface area contributed by atoms with Gasteiger partial charge in [0.15, 0.2) is 0 Å². The Balaban J connectivity index is 1.85. The molecule has 0 aliphatic heterocycles. The summed E-state index contributed by atoms with van der Waals surface area (Å²) in [6.45, 7) is 2.44. The van der Waals surface area contributed by atoms with Gasteiger partial charge in [0.1, 0.15) is 5.82 Å². The summed E-state index contributed by atoms with van der Waals surface area (Å²) in [6.07, 6.45) is 3.64. The minimum Gasteiger partial charge on any atom is -0.380 e. The van der Waals surface area contributed by atoms with Gasteiger partial charge in [0.25, 0.3) is 0 Å². The number of anilines is 1. The Bertz CT molecular complexity index is 748. The molecule has 0 fully saturated rings. The lowest BCUT2D eigenvalue weighted by molar-refractivity contribution is 0.617. The second kappa shape index (κ2) is 5.29. The molecule has 3 heteroatoms. The molecule has 0 radical (unpaired) electrons. The van der Waals surface area contributed by atoms with Crippen LogP contribution in [0.15, 0.2) is 54.9 Å². The molecule has 1 N–H and O–H groups in total. The van der Waals surface area contributed by atoms with E-state index in [2.05, 4.69) is 16.4 Å². The van der Waals surface area contributed by atoms with Crippen molar-refractivity contribution in [3.05, 3.63) is 71.8 Å². The highest BCUT2D eigenvalue weighted by molar-refractivity contribution is 5.93. The van der Waals surface area contributed by atoms with E-state index in [1.165, 1.54) is 6.07 Å². The van der Waals surface area contributed by atoms with Crippen LogP contribution in [-0.2, 0) is 6.54 Å². The van der Waals surface area contributed by atoms with Crippen LogP contribution in [-0.4, -0.2) is 4.98 Å². The van der Waals surface area contributed by atoms with E-state index < -0.39 is 0 Å². The van der Waals surface area contributed by atoms with Crippen molar-refractivity contribution < 1.29 is 4.39 Å². The summed E-state index contributed by atoms with van der Waals surface area (Å²) in [4.78, 5) is 4.16. The average Bonchev–Trinajstić information content (AvgIpc) is 2.48. The Morgan fingerprint density at radius 3 is 2.90 bits per heavy atom. The zero-order valence-electron chi connectivity index (χ0n) is 11.2. The second-order valence-corrected chi connectivity index (χ2v) is 4.84. The molecule has 1 aromatic heterocycles. The number of nitrogens with one attached hydrogen (secondary N) is 1. The van der Waals surface area contributed by atoms with Crippen LogP contribution in [0.1, 0.15) is 11.1 Å². The molecule has 0 saturated heterocycles. The van der Waals surface area contributed by atoms with E-state index in [0.717, 1.165) is 22.0 Å². The number of rotatable bonds is 3. The standard InChI is InChI=1S/C17H15FN2/c1-12-9-13(5-6-16(12)18)10-20-17-4-2-3-14-7-8-19-11-15(14)17/h2-9,11,20H,10H2,1H3. The van der Waals surface area contributed by atoms with E-state index in [0.29, 0.717) is 12.1 Å². The van der Waals surface area contributed by atoms with E-state index in [-0.39, 0.29) is 5.82 Å². The molecule has 100 valence electrons. The molecular formula is C17H15FN2. The van der Waals surface area contributed by atoms with Crippen molar-refractivity contribution in [2.75, 3.05) is 5.32 Å². The quantitative estimate of drug-likeness (QED) is 0.764. The van der Waals surface area contributed by atoms with E-state index in [9.17, 15) is 4.39 Å². The van der Waals surface area contributed by atoms with E-state index in [4.69, 9.17) is 0 Å². The van der Waals surface area contributed by atoms with E-state index in [1.807, 2.05) is 30.5 Å². The highest BCUT2D eigenvalue weighted by Gasteiger charge is 2.02. The van der Waals surface area contributed by atoms with Gasteiger partial charge >= 0.3 is 0 Å². The Morgan fingerprint density at radius 1 is 1.15 bits per heavy atom. The fraction of sp³-hybridized carbons (Fsp3) is 0.118. The molecule has 0 aliphatic carbocycles. The van der Waals surface area contributed by atoms with Crippen LogP contribution in [0.4, 0.5) is 10.1 Å². The van der Waals surface area contributed by atoms with Gasteiger partial charge in [-0.2, -0.15) is 0 Å². The summed E-state index contributed by atoms with van der Waals surface area (Å²) in [6, 6.07) is 13.3. The smallest absolute Gasteiger partial charge is 0.126 e. The maximum atomic E-state index is 13.2. The average molecular weight is 266 g/mol. The van der Waals surface area contributed by atoms with Gasteiger partial charge in [0.05, 0.1) is 0 Å². The lowest BCUT2D eigenvalue weighted by atomic mass is 10.1. The van der Waals surface area contributed by atoms with Gasteiger partial charge in [-0.3, -0.25) is 4.98 Å². The minimum atomic E-state index is -0.164. The van der Waals surface area contributed by atoms with Gasteiger partial charge in [-0.15, -0.1) is 0 Å². The molecule has 20 heavy (non-hydrogen) atoms. The maximum absolute atomic E-state index is 13.2. The molecule has 3 aromatic rings. The molecule has 1 heterocycles. The highest BCUT2D eigenvalue weighted by atomic mass is 19.1. The van der Waals surface area contributed by atoms with E-state index >= 15 is 0 Å². The number of aryl methyl sites for hydroxylation is 1. The molecule has 0 bridgehead atoms. The molecule has 2 nitrogen and oxygen atoms in total. The molecular weight excluding hydrogens is 251 g/mol. The molecule has 0 spiro atoms. The number of hydrogen-bond acceptors (Lipinski definition) is 2. The summed E-state index contributed by atoms with van der Waals surface area (Å²) >= 11 is 0. The zero-order chi connectivity index (χ0) is 13.9. The summed E-state index contributed by atoms with van der Waals surface area (Å²) < 4.78 is 13.2. The molecule has 0 atom stereocenters. The third kappa shape index (κ3) is 2.48. The second-order valence-electron chi connectivity index (χ2n) is 4.84. The lowest BCUT2D eigenvalue weighted by Crippen LogP contribution is -2.01. The summed E-state index contributed by atoms with van der Waals surface area (Å²) in [5.74, 6) is -0.164. The molecule has 2 aromatic carbocycles. The number of aromatic nitrogens is 1. The molecule has 0 amide bonds. The van der Waals surface area contributed by atoms with Crippen molar-refractivity contribution in [3.8, 4) is 0 Å². The van der Waals surface area contributed by atoms with Crippen molar-refractivity contribution >= 4 is 16.5 Å². The molecule has 0 unspecified atom stereocenters. The first-order valence-corrected chi connectivity index (χ1v) is 6.56. The third-order valence-corrected chi connectivity index (χ3v) is 3.39. The molecule has 0 saturated carbocycles. The summed E-state index contributed by atoms with van der Waals surface area (Å²) in [5, 5.41) is 5.63. The van der Waals surface area contributed by atoms with Crippen LogP contribution >= 0.6 is 0 Å². The Hall–Kier alpha value is -2.42. The van der Waals surface area contributed by atoms with Crippen LogP contribution in [0.25, 0.3) is 10.8 Å². The SMILES string of the molecule is Cc1cc(CNc2cccc3ccncc23)ccc1F. The van der Waals surface area contributed by atoms with Crippen molar-refractivity contribution in [3.63, 3.8) is 0 Å². The van der Waals surface area contributed by atoms with Gasteiger partial charge in [-0.25, -0.2) is 4.39 Å². The van der Waals surface area contributed by atoms with Gasteiger partial charge in [-0.05, 0) is 41.6 Å². The first-order chi connectivity index (χ1) is 9.74. The number of hydrogen-bond donors (Lipinski definition) is 1. The zero-order valence-corrected chi connectivity index (χ0v) is 11.2. The van der Waals surface area contributed by atoms with Crippen molar-refractivity contribution in [2.45, 2.75) is 13.5 Å². The van der Waals surface area contributed by atoms with Crippen molar-refractivity contribution in [2.24, 2.45) is 0 Å². The summed E-state index contributed by atoms with van der Waals surface area (Å²) in [7, 11) is 0. The van der Waals surface area contributed by atoms with Crippen molar-refractivity contribution in [1.29, 1.82) is 0 Å². The molecule has 0 aliphatic rings. The predicted molar refractivity (Wildman–Crippen MR) is 80.2 cm³/mol. The number of halogens is 1. The fourth-order valence-electron chi connectivity index (χ4n) is 2.28. The maximum Gasteiger partial charge on any atom is 0.126 e. The normalized spacial score (nSPS) is 10.7. The van der Waals surface area contributed by atoms with Crippen LogP contribution in [0.5, 0.6) is 0 Å². The summed E-state index contributed by atoms with van der Waals surface area (Å²) in [5.41, 5.74) is 2.77. The van der Waals surface area contributed by atoms with Gasteiger partial charge in [0, 0.05) is 30.0 Å². The first kappa shape index (κ1) is 12.6. The fourth-order valence-corrected chi connectivity index (χ4v) is 2.28. The highest BCUT2D eigenvalue weighted by Crippen LogP contribution is 2.22. The number of fused-ring (bicyclic) bond motifs is 1. The minimum absolute atomic E-state index is 0.164. The Morgan fingerprint density at radius 2 is 2.05 bits per heavy atom.